The predicted octanol–water partition coefficient (Wildman–Crippen LogP) is 5.56. The van der Waals surface area contributed by atoms with Crippen LogP contribution < -0.4 is 0 Å². The van der Waals surface area contributed by atoms with Gasteiger partial charge in [0, 0.05) is 22.1 Å². The van der Waals surface area contributed by atoms with E-state index < -0.39 is 0 Å². The molecule has 2 aromatic heterocycles. The van der Waals surface area contributed by atoms with Gasteiger partial charge in [-0.3, -0.25) is 0 Å². The van der Waals surface area contributed by atoms with E-state index in [1.165, 1.54) is 5.56 Å². The molecule has 0 bridgehead atoms. The average molecular weight is 360 g/mol. The number of rotatable bonds is 2. The maximum absolute atomic E-state index is 6.16. The minimum absolute atomic E-state index is 0.177. The first-order chi connectivity index (χ1) is 12.8. The van der Waals surface area contributed by atoms with Crippen molar-refractivity contribution in [2.45, 2.75) is 12.8 Å². The molecule has 0 N–H and O–H groups in total. The van der Waals surface area contributed by atoms with Crippen LogP contribution in [-0.2, 0) is 6.42 Å². The van der Waals surface area contributed by atoms with Gasteiger partial charge in [-0.25, -0.2) is 4.98 Å². The molecule has 2 heterocycles. The van der Waals surface area contributed by atoms with Gasteiger partial charge in [0.15, 0.2) is 11.6 Å². The van der Waals surface area contributed by atoms with E-state index in [1.54, 1.807) is 0 Å². The maximum atomic E-state index is 6.16. The molecule has 0 fully saturated rings. The molecule has 26 heavy (non-hydrogen) atoms. The van der Waals surface area contributed by atoms with Crippen LogP contribution in [0.5, 0.6) is 0 Å². The molecule has 1 aliphatic carbocycles. The van der Waals surface area contributed by atoms with E-state index in [9.17, 15) is 0 Å². The highest BCUT2D eigenvalue weighted by Gasteiger charge is 2.16. The fraction of sp³-hybridized carbons (Fsp3) is 0.0952. The molecule has 1 aliphatic rings. The lowest BCUT2D eigenvalue weighted by Gasteiger charge is -2.05. The lowest BCUT2D eigenvalue weighted by atomic mass is 10.0. The minimum atomic E-state index is 0.177. The number of halogens is 1. The number of nitrogens with zero attached hydrogens (tertiary/aromatic N) is 3. The Morgan fingerprint density at radius 3 is 2.54 bits per heavy atom. The van der Waals surface area contributed by atoms with Gasteiger partial charge in [0.25, 0.3) is 0 Å². The quantitative estimate of drug-likeness (QED) is 0.470. The second kappa shape index (κ2) is 6.07. The molecule has 0 unspecified atom stereocenters. The maximum Gasteiger partial charge on any atom is 0.226 e. The lowest BCUT2D eigenvalue weighted by Crippen LogP contribution is -1.97. The summed E-state index contributed by atoms with van der Waals surface area (Å²) in [4.78, 5) is 13.2. The molecule has 0 spiro atoms. The third-order valence-electron chi connectivity index (χ3n) is 4.55. The number of benzene rings is 2. The highest BCUT2D eigenvalue weighted by Crippen LogP contribution is 2.33. The Morgan fingerprint density at radius 2 is 1.69 bits per heavy atom. The lowest BCUT2D eigenvalue weighted by molar-refractivity contribution is 0.595. The van der Waals surface area contributed by atoms with Gasteiger partial charge in [0.1, 0.15) is 11.3 Å². The van der Waals surface area contributed by atoms with E-state index >= 15 is 0 Å². The Balaban J connectivity index is 1.64. The summed E-state index contributed by atoms with van der Waals surface area (Å²) in [5.74, 6) is 2.04. The molecule has 4 aromatic rings. The molecule has 126 valence electrons. The zero-order chi connectivity index (χ0) is 17.5. The third kappa shape index (κ3) is 2.59. The first-order valence-electron chi connectivity index (χ1n) is 8.47. The van der Waals surface area contributed by atoms with Crippen LogP contribution in [0.1, 0.15) is 17.7 Å². The Kier molecular flexibility index (Phi) is 3.57. The van der Waals surface area contributed by atoms with Gasteiger partial charge in [-0.2, -0.15) is 9.97 Å². The summed E-state index contributed by atoms with van der Waals surface area (Å²) < 4.78 is 6.01. The van der Waals surface area contributed by atoms with Crippen molar-refractivity contribution in [2.24, 2.45) is 0 Å². The van der Waals surface area contributed by atoms with Gasteiger partial charge in [-0.1, -0.05) is 48.5 Å². The van der Waals surface area contributed by atoms with Crippen molar-refractivity contribution < 1.29 is 4.42 Å². The van der Waals surface area contributed by atoms with Crippen LogP contribution in [0.25, 0.3) is 39.8 Å². The van der Waals surface area contributed by atoms with Crippen LogP contribution in [0.15, 0.2) is 59.0 Å². The molecule has 5 rings (SSSR count). The average Bonchev–Trinajstić information content (AvgIpc) is 3.06. The first kappa shape index (κ1) is 15.3. The number of aryl methyl sites for hydroxylation is 1. The van der Waals surface area contributed by atoms with Crippen LogP contribution in [0.3, 0.4) is 0 Å². The van der Waals surface area contributed by atoms with Gasteiger partial charge >= 0.3 is 0 Å². The highest BCUT2D eigenvalue weighted by molar-refractivity contribution is 6.28. The summed E-state index contributed by atoms with van der Waals surface area (Å²) in [5, 5.41) is 1.33. The Labute approximate surface area is 155 Å². The molecule has 0 aliphatic heterocycles. The predicted molar refractivity (Wildman–Crippen MR) is 103 cm³/mol. The van der Waals surface area contributed by atoms with Crippen molar-refractivity contribution in [3.8, 4) is 22.8 Å². The van der Waals surface area contributed by atoms with E-state index in [2.05, 4.69) is 27.1 Å². The minimum Gasteiger partial charge on any atom is -0.456 e. The molecule has 5 heteroatoms. The molecule has 0 amide bonds. The zero-order valence-electron chi connectivity index (χ0n) is 13.8. The van der Waals surface area contributed by atoms with Gasteiger partial charge in [0.05, 0.1) is 0 Å². The number of fused-ring (bicyclic) bond motifs is 3. The van der Waals surface area contributed by atoms with Crippen LogP contribution >= 0.6 is 11.6 Å². The van der Waals surface area contributed by atoms with Gasteiger partial charge in [-0.15, -0.1) is 0 Å². The van der Waals surface area contributed by atoms with Crippen molar-refractivity contribution in [2.75, 3.05) is 0 Å². The summed E-state index contributed by atoms with van der Waals surface area (Å²) in [6, 6.07) is 15.8. The molecule has 2 aromatic carbocycles. The van der Waals surface area contributed by atoms with Crippen molar-refractivity contribution in [1.29, 1.82) is 0 Å². The van der Waals surface area contributed by atoms with Crippen molar-refractivity contribution in [3.05, 3.63) is 71.2 Å². The standard InChI is InChI=1S/C21H14ClN3O/c22-21-24-19(13-6-2-1-3-7-13)23-20(25-21)14-10-11-16-15-8-4-5-9-17(15)26-18(16)12-14/h1-3,5-7,9-12H,4,8H2. The molecular weight excluding hydrogens is 346 g/mol. The summed E-state index contributed by atoms with van der Waals surface area (Å²) in [7, 11) is 0. The Hall–Kier alpha value is -2.98. The second-order valence-electron chi connectivity index (χ2n) is 6.21. The summed E-state index contributed by atoms with van der Waals surface area (Å²) in [6.07, 6.45) is 6.25. The van der Waals surface area contributed by atoms with Crippen LogP contribution in [0.4, 0.5) is 0 Å². The Bertz CT molecular complexity index is 1150. The number of aromatic nitrogens is 3. The van der Waals surface area contributed by atoms with Crippen LogP contribution in [0, 0.1) is 0 Å². The highest BCUT2D eigenvalue weighted by atomic mass is 35.5. The fourth-order valence-electron chi connectivity index (χ4n) is 3.31. The molecule has 0 atom stereocenters. The molecular formula is C21H14ClN3O. The number of allylic oxidation sites excluding steroid dienone is 1. The van der Waals surface area contributed by atoms with Crippen molar-refractivity contribution >= 4 is 28.6 Å². The molecule has 4 nitrogen and oxygen atoms in total. The van der Waals surface area contributed by atoms with E-state index in [0.717, 1.165) is 40.7 Å². The SMILES string of the molecule is Clc1nc(-c2ccccc2)nc(-c2ccc3c4c(oc3c2)C=CCC4)n1. The number of hydrogen-bond donors (Lipinski definition) is 0. The largest absolute Gasteiger partial charge is 0.456 e. The molecule has 0 saturated heterocycles. The third-order valence-corrected chi connectivity index (χ3v) is 4.72. The summed E-state index contributed by atoms with van der Waals surface area (Å²) in [5.41, 5.74) is 3.87. The van der Waals surface area contributed by atoms with Crippen molar-refractivity contribution in [3.63, 3.8) is 0 Å². The number of hydrogen-bond acceptors (Lipinski definition) is 4. The van der Waals surface area contributed by atoms with Crippen LogP contribution in [0.2, 0.25) is 5.28 Å². The first-order valence-corrected chi connectivity index (χ1v) is 8.85. The molecule has 0 saturated carbocycles. The summed E-state index contributed by atoms with van der Waals surface area (Å²) in [6.45, 7) is 0. The Morgan fingerprint density at radius 1 is 0.885 bits per heavy atom. The van der Waals surface area contributed by atoms with Gasteiger partial charge in [-0.05, 0) is 36.6 Å². The van der Waals surface area contributed by atoms with Gasteiger partial charge in [0.2, 0.25) is 5.28 Å². The normalized spacial score (nSPS) is 13.1. The van der Waals surface area contributed by atoms with Gasteiger partial charge < -0.3 is 4.42 Å². The fourth-order valence-corrected chi connectivity index (χ4v) is 3.47. The van der Waals surface area contributed by atoms with E-state index in [0.29, 0.717) is 11.6 Å². The topological polar surface area (TPSA) is 51.8 Å². The molecule has 0 radical (unpaired) electrons. The summed E-state index contributed by atoms with van der Waals surface area (Å²) >= 11 is 6.16. The van der Waals surface area contributed by atoms with Crippen LogP contribution in [-0.4, -0.2) is 15.0 Å². The zero-order valence-corrected chi connectivity index (χ0v) is 14.6. The van der Waals surface area contributed by atoms with E-state index in [4.69, 9.17) is 16.0 Å². The smallest absolute Gasteiger partial charge is 0.226 e. The van der Waals surface area contributed by atoms with E-state index in [-0.39, 0.29) is 5.28 Å². The second-order valence-corrected chi connectivity index (χ2v) is 6.55. The van der Waals surface area contributed by atoms with Crippen molar-refractivity contribution in [1.82, 2.24) is 15.0 Å². The monoisotopic (exact) mass is 359 g/mol. The number of furan rings is 1. The van der Waals surface area contributed by atoms with E-state index in [1.807, 2.05) is 48.5 Å².